The monoisotopic (exact) mass is 278 g/mol. The number of fused-ring (bicyclic) bond motifs is 1. The molecule has 0 saturated heterocycles. The van der Waals surface area contributed by atoms with E-state index in [4.69, 9.17) is 5.26 Å². The smallest absolute Gasteiger partial charge is 0.216 e. The molecule has 7 nitrogen and oxygen atoms in total. The molecule has 0 aliphatic carbocycles. The molecule has 7 heteroatoms. The number of aromatic nitrogens is 4. The third kappa shape index (κ3) is 2.37. The van der Waals surface area contributed by atoms with Crippen molar-refractivity contribution in [3.05, 3.63) is 48.4 Å². The first kappa shape index (κ1) is 12.6. The van der Waals surface area contributed by atoms with E-state index in [1.54, 1.807) is 12.1 Å². The number of tetrazole rings is 1. The van der Waals surface area contributed by atoms with Gasteiger partial charge < -0.3 is 10.4 Å². The number of aromatic hydroxyl groups is 1. The Hall–Kier alpha value is -3.40. The van der Waals surface area contributed by atoms with Gasteiger partial charge in [-0.2, -0.15) is 10.5 Å². The molecule has 21 heavy (non-hydrogen) atoms. The lowest BCUT2D eigenvalue weighted by Gasteiger charge is -2.07. The molecule has 0 aliphatic rings. The van der Waals surface area contributed by atoms with Crippen molar-refractivity contribution >= 4 is 22.0 Å². The van der Waals surface area contributed by atoms with Crippen molar-refractivity contribution in [1.82, 2.24) is 20.6 Å². The first-order chi connectivity index (χ1) is 10.3. The summed E-state index contributed by atoms with van der Waals surface area (Å²) in [5, 5.41) is 36.8. The van der Waals surface area contributed by atoms with Gasteiger partial charge in [-0.25, -0.2) is 0 Å². The van der Waals surface area contributed by atoms with E-state index >= 15 is 0 Å². The number of anilines is 1. The number of nitrogens with one attached hydrogen (secondary N) is 2. The molecule has 1 heterocycles. The summed E-state index contributed by atoms with van der Waals surface area (Å²) in [6.45, 7) is 0. The SMILES string of the molecule is N#CC(=CNc1cccc2c(O)cccc12)c1nn[nH]n1. The normalized spacial score (nSPS) is 11.3. The van der Waals surface area contributed by atoms with Crippen LogP contribution in [0.4, 0.5) is 5.69 Å². The van der Waals surface area contributed by atoms with Gasteiger partial charge in [-0.3, -0.25) is 0 Å². The minimum atomic E-state index is 0.207. The number of nitrogens with zero attached hydrogens (tertiary/aromatic N) is 4. The summed E-state index contributed by atoms with van der Waals surface area (Å²) in [5.74, 6) is 0.423. The molecule has 2 aromatic carbocycles. The molecule has 1 aromatic heterocycles. The highest BCUT2D eigenvalue weighted by atomic mass is 16.3. The van der Waals surface area contributed by atoms with Gasteiger partial charge in [-0.1, -0.05) is 24.3 Å². The Morgan fingerprint density at radius 2 is 2.05 bits per heavy atom. The Labute approximate surface area is 119 Å². The van der Waals surface area contributed by atoms with Crippen LogP contribution in [-0.4, -0.2) is 25.7 Å². The minimum absolute atomic E-state index is 0.207. The van der Waals surface area contributed by atoms with E-state index in [1.165, 1.54) is 6.20 Å². The van der Waals surface area contributed by atoms with Crippen molar-refractivity contribution in [3.63, 3.8) is 0 Å². The zero-order valence-corrected chi connectivity index (χ0v) is 10.8. The number of hydrogen-bond acceptors (Lipinski definition) is 6. The molecular formula is C14H10N6O. The Kier molecular flexibility index (Phi) is 3.19. The Morgan fingerprint density at radius 3 is 2.81 bits per heavy atom. The maximum atomic E-state index is 9.84. The predicted molar refractivity (Wildman–Crippen MR) is 77.0 cm³/mol. The van der Waals surface area contributed by atoms with Crippen LogP contribution in [0.15, 0.2) is 42.6 Å². The molecule has 3 N–H and O–H groups in total. The molecule has 0 amide bonds. The van der Waals surface area contributed by atoms with Gasteiger partial charge in [-0.15, -0.1) is 10.2 Å². The molecule has 3 aromatic rings. The third-order valence-electron chi connectivity index (χ3n) is 2.98. The van der Waals surface area contributed by atoms with Crippen LogP contribution in [-0.2, 0) is 0 Å². The lowest BCUT2D eigenvalue weighted by atomic mass is 10.1. The van der Waals surface area contributed by atoms with Gasteiger partial charge in [-0.05, 0) is 17.3 Å². The van der Waals surface area contributed by atoms with Gasteiger partial charge in [0.25, 0.3) is 0 Å². The van der Waals surface area contributed by atoms with Crippen molar-refractivity contribution in [2.24, 2.45) is 0 Å². The molecule has 102 valence electrons. The molecule has 0 spiro atoms. The fourth-order valence-electron chi connectivity index (χ4n) is 1.99. The van der Waals surface area contributed by atoms with Crippen molar-refractivity contribution in [2.75, 3.05) is 5.32 Å². The van der Waals surface area contributed by atoms with Crippen molar-refractivity contribution < 1.29 is 5.11 Å². The van der Waals surface area contributed by atoms with Gasteiger partial charge in [0, 0.05) is 22.7 Å². The fourth-order valence-corrected chi connectivity index (χ4v) is 1.99. The topological polar surface area (TPSA) is 111 Å². The number of H-pyrrole nitrogens is 1. The highest BCUT2D eigenvalue weighted by molar-refractivity contribution is 5.98. The molecule has 0 bridgehead atoms. The number of rotatable bonds is 3. The van der Waals surface area contributed by atoms with Crippen LogP contribution in [0.1, 0.15) is 5.82 Å². The summed E-state index contributed by atoms with van der Waals surface area (Å²) in [4.78, 5) is 0. The number of aromatic amines is 1. The summed E-state index contributed by atoms with van der Waals surface area (Å²) in [6, 6.07) is 12.8. The third-order valence-corrected chi connectivity index (χ3v) is 2.98. The number of allylic oxidation sites excluding steroid dienone is 1. The number of benzene rings is 2. The largest absolute Gasteiger partial charge is 0.507 e. The van der Waals surface area contributed by atoms with E-state index in [9.17, 15) is 5.11 Å². The van der Waals surface area contributed by atoms with E-state index in [-0.39, 0.29) is 17.1 Å². The fraction of sp³-hybridized carbons (Fsp3) is 0. The van der Waals surface area contributed by atoms with Crippen LogP contribution < -0.4 is 5.32 Å². The summed E-state index contributed by atoms with van der Waals surface area (Å²) in [5.41, 5.74) is 1.01. The van der Waals surface area contributed by atoms with Gasteiger partial charge in [0.1, 0.15) is 17.4 Å². The summed E-state index contributed by atoms with van der Waals surface area (Å²) >= 11 is 0. The highest BCUT2D eigenvalue weighted by Gasteiger charge is 2.07. The van der Waals surface area contributed by atoms with E-state index in [2.05, 4.69) is 25.9 Å². The molecule has 0 fully saturated rings. The maximum Gasteiger partial charge on any atom is 0.216 e. The second-order valence-electron chi connectivity index (χ2n) is 4.23. The van der Waals surface area contributed by atoms with E-state index in [0.717, 1.165) is 16.5 Å². The van der Waals surface area contributed by atoms with Crippen LogP contribution in [0, 0.1) is 11.3 Å². The molecular weight excluding hydrogens is 268 g/mol. The molecule has 0 saturated carbocycles. The van der Waals surface area contributed by atoms with Gasteiger partial charge >= 0.3 is 0 Å². The molecule has 0 unspecified atom stereocenters. The zero-order chi connectivity index (χ0) is 14.7. The standard InChI is InChI=1S/C14H10N6O/c15-7-9(14-17-19-20-18-14)8-16-12-5-1-4-11-10(12)3-2-6-13(11)21/h1-6,8,16,21H,(H,17,18,19,20). The molecule has 3 rings (SSSR count). The molecule has 0 radical (unpaired) electrons. The van der Waals surface area contributed by atoms with Crippen LogP contribution in [0.5, 0.6) is 5.75 Å². The van der Waals surface area contributed by atoms with E-state index in [0.29, 0.717) is 0 Å². The second kappa shape index (κ2) is 5.30. The second-order valence-corrected chi connectivity index (χ2v) is 4.23. The van der Waals surface area contributed by atoms with Gasteiger partial charge in [0.05, 0.1) is 0 Å². The Morgan fingerprint density at radius 1 is 1.24 bits per heavy atom. The van der Waals surface area contributed by atoms with Crippen LogP contribution in [0.2, 0.25) is 0 Å². The minimum Gasteiger partial charge on any atom is -0.507 e. The maximum absolute atomic E-state index is 9.84. The van der Waals surface area contributed by atoms with Crippen LogP contribution in [0.25, 0.3) is 16.3 Å². The van der Waals surface area contributed by atoms with Crippen LogP contribution in [0.3, 0.4) is 0 Å². The first-order valence-corrected chi connectivity index (χ1v) is 6.11. The number of phenols is 1. The lowest BCUT2D eigenvalue weighted by molar-refractivity contribution is 0.481. The average molecular weight is 278 g/mol. The van der Waals surface area contributed by atoms with E-state index < -0.39 is 0 Å². The van der Waals surface area contributed by atoms with Crippen molar-refractivity contribution in [2.45, 2.75) is 0 Å². The van der Waals surface area contributed by atoms with Gasteiger partial charge in [0.15, 0.2) is 0 Å². The summed E-state index contributed by atoms with van der Waals surface area (Å²) < 4.78 is 0. The van der Waals surface area contributed by atoms with E-state index in [1.807, 2.05) is 30.3 Å². The zero-order valence-electron chi connectivity index (χ0n) is 10.8. The Balaban J connectivity index is 1.99. The number of nitriles is 1. The summed E-state index contributed by atoms with van der Waals surface area (Å²) in [7, 11) is 0. The molecule has 0 aliphatic heterocycles. The molecule has 0 atom stereocenters. The van der Waals surface area contributed by atoms with Crippen molar-refractivity contribution in [1.29, 1.82) is 5.26 Å². The quantitative estimate of drug-likeness (QED) is 0.632. The van der Waals surface area contributed by atoms with Crippen molar-refractivity contribution in [3.8, 4) is 11.8 Å². The summed E-state index contributed by atoms with van der Waals surface area (Å²) in [6.07, 6.45) is 1.50. The first-order valence-electron chi connectivity index (χ1n) is 6.11. The highest BCUT2D eigenvalue weighted by Crippen LogP contribution is 2.29. The Bertz CT molecular complexity index is 848. The average Bonchev–Trinajstić information content (AvgIpc) is 3.03. The van der Waals surface area contributed by atoms with Crippen LogP contribution >= 0.6 is 0 Å². The predicted octanol–water partition coefficient (Wildman–Crippen LogP) is 2.04. The number of hydrogen-bond donors (Lipinski definition) is 3. The number of phenolic OH excluding ortho intramolecular Hbond substituents is 1. The lowest BCUT2D eigenvalue weighted by Crippen LogP contribution is -1.93. The van der Waals surface area contributed by atoms with Gasteiger partial charge in [0.2, 0.25) is 5.82 Å².